The first-order chi connectivity index (χ1) is 8.75. The lowest BCUT2D eigenvalue weighted by molar-refractivity contribution is -0.129. The maximum Gasteiger partial charge on any atom is 0.226 e. The summed E-state index contributed by atoms with van der Waals surface area (Å²) in [6, 6.07) is 9.95. The average Bonchev–Trinajstić information content (AvgIpc) is 2.90. The molecule has 1 saturated heterocycles. The van der Waals surface area contributed by atoms with Gasteiger partial charge >= 0.3 is 0 Å². The summed E-state index contributed by atoms with van der Waals surface area (Å²) in [5, 5.41) is 0. The van der Waals surface area contributed by atoms with E-state index in [9.17, 15) is 4.79 Å². The molecule has 3 nitrogen and oxygen atoms in total. The molecule has 0 aromatic heterocycles. The van der Waals surface area contributed by atoms with E-state index in [1.54, 1.807) is 0 Å². The highest BCUT2D eigenvalue weighted by Gasteiger charge is 2.14. The number of rotatable bonds is 5. The first kappa shape index (κ1) is 13.1. The van der Waals surface area contributed by atoms with Crippen LogP contribution < -0.4 is 0 Å². The van der Waals surface area contributed by atoms with Gasteiger partial charge in [-0.3, -0.25) is 4.79 Å². The number of carbonyl (C=O) groups is 1. The van der Waals surface area contributed by atoms with Crippen molar-refractivity contribution in [3.63, 3.8) is 0 Å². The van der Waals surface area contributed by atoms with Gasteiger partial charge in [0.05, 0.1) is 6.42 Å². The van der Waals surface area contributed by atoms with Gasteiger partial charge in [0.1, 0.15) is 0 Å². The first-order valence-corrected chi connectivity index (χ1v) is 6.76. The van der Waals surface area contributed by atoms with Crippen molar-refractivity contribution in [1.29, 1.82) is 0 Å². The van der Waals surface area contributed by atoms with E-state index in [0.717, 1.165) is 18.7 Å². The summed E-state index contributed by atoms with van der Waals surface area (Å²) >= 11 is 0. The number of benzene rings is 1. The predicted molar refractivity (Wildman–Crippen MR) is 73.5 cm³/mol. The Balaban J connectivity index is 1.74. The molecular formula is C15H22N2O. The van der Waals surface area contributed by atoms with Crippen molar-refractivity contribution in [3.05, 3.63) is 35.9 Å². The van der Waals surface area contributed by atoms with E-state index >= 15 is 0 Å². The summed E-state index contributed by atoms with van der Waals surface area (Å²) in [5.41, 5.74) is 1.09. The van der Waals surface area contributed by atoms with E-state index < -0.39 is 0 Å². The fourth-order valence-corrected chi connectivity index (χ4v) is 2.33. The highest BCUT2D eigenvalue weighted by atomic mass is 16.2. The molecule has 2 rings (SSSR count). The van der Waals surface area contributed by atoms with Crippen molar-refractivity contribution < 1.29 is 4.79 Å². The third-order valence-corrected chi connectivity index (χ3v) is 3.57. The van der Waals surface area contributed by atoms with Crippen LogP contribution in [0.15, 0.2) is 30.3 Å². The SMILES string of the molecule is CN(CCN1CCCC1)C(=O)Cc1ccccc1. The van der Waals surface area contributed by atoms with Gasteiger partial charge in [0.15, 0.2) is 0 Å². The molecule has 1 amide bonds. The van der Waals surface area contributed by atoms with Crippen LogP contribution in [0.25, 0.3) is 0 Å². The minimum atomic E-state index is 0.209. The molecule has 0 bridgehead atoms. The zero-order valence-electron chi connectivity index (χ0n) is 11.1. The number of likely N-dealkylation sites (tertiary alicyclic amines) is 1. The number of hydrogen-bond donors (Lipinski definition) is 0. The zero-order chi connectivity index (χ0) is 12.8. The number of nitrogens with zero attached hydrogens (tertiary/aromatic N) is 2. The van der Waals surface area contributed by atoms with Crippen molar-refractivity contribution >= 4 is 5.91 Å². The molecule has 0 radical (unpaired) electrons. The molecule has 1 aliphatic heterocycles. The van der Waals surface area contributed by atoms with E-state index in [2.05, 4.69) is 4.90 Å². The van der Waals surface area contributed by atoms with Crippen molar-refractivity contribution in [3.8, 4) is 0 Å². The van der Waals surface area contributed by atoms with Gasteiger partial charge in [-0.25, -0.2) is 0 Å². The first-order valence-electron chi connectivity index (χ1n) is 6.76. The molecule has 0 aliphatic carbocycles. The maximum atomic E-state index is 12.0. The van der Waals surface area contributed by atoms with Crippen LogP contribution in [0.4, 0.5) is 0 Å². The molecule has 0 N–H and O–H groups in total. The number of hydrogen-bond acceptors (Lipinski definition) is 2. The Morgan fingerprint density at radius 2 is 1.89 bits per heavy atom. The molecule has 18 heavy (non-hydrogen) atoms. The molecule has 1 aromatic rings. The lowest BCUT2D eigenvalue weighted by atomic mass is 10.1. The quantitative estimate of drug-likeness (QED) is 0.790. The highest BCUT2D eigenvalue weighted by molar-refractivity contribution is 5.78. The van der Waals surface area contributed by atoms with E-state index in [-0.39, 0.29) is 5.91 Å². The Morgan fingerprint density at radius 3 is 2.56 bits per heavy atom. The van der Waals surface area contributed by atoms with Crippen LogP contribution in [-0.4, -0.2) is 48.9 Å². The molecule has 0 saturated carbocycles. The summed E-state index contributed by atoms with van der Waals surface area (Å²) in [6.07, 6.45) is 3.13. The van der Waals surface area contributed by atoms with Crippen molar-refractivity contribution in [2.75, 3.05) is 33.2 Å². The van der Waals surface area contributed by atoms with Gasteiger partial charge in [-0.15, -0.1) is 0 Å². The topological polar surface area (TPSA) is 23.6 Å². The van der Waals surface area contributed by atoms with E-state index in [4.69, 9.17) is 0 Å². The minimum absolute atomic E-state index is 0.209. The van der Waals surface area contributed by atoms with Crippen molar-refractivity contribution in [1.82, 2.24) is 9.80 Å². The molecule has 0 atom stereocenters. The van der Waals surface area contributed by atoms with Crippen LogP contribution in [0, 0.1) is 0 Å². The molecule has 1 aliphatic rings. The monoisotopic (exact) mass is 246 g/mol. The van der Waals surface area contributed by atoms with Crippen molar-refractivity contribution in [2.45, 2.75) is 19.3 Å². The maximum absolute atomic E-state index is 12.0. The van der Waals surface area contributed by atoms with Crippen LogP contribution in [0.3, 0.4) is 0 Å². The number of likely N-dealkylation sites (N-methyl/N-ethyl adjacent to an activating group) is 1. The molecule has 1 fully saturated rings. The predicted octanol–water partition coefficient (Wildman–Crippen LogP) is 1.78. The second-order valence-electron chi connectivity index (χ2n) is 5.03. The van der Waals surface area contributed by atoms with E-state index in [1.165, 1.54) is 25.9 Å². The fraction of sp³-hybridized carbons (Fsp3) is 0.533. The molecule has 1 aromatic carbocycles. The number of carbonyl (C=O) groups excluding carboxylic acids is 1. The van der Waals surface area contributed by atoms with Gasteiger partial charge in [-0.1, -0.05) is 30.3 Å². The molecule has 0 unspecified atom stereocenters. The minimum Gasteiger partial charge on any atom is -0.344 e. The van der Waals surface area contributed by atoms with Crippen LogP contribution >= 0.6 is 0 Å². The van der Waals surface area contributed by atoms with Crippen LogP contribution in [-0.2, 0) is 11.2 Å². The second kappa shape index (κ2) is 6.55. The summed E-state index contributed by atoms with van der Waals surface area (Å²) in [5.74, 6) is 0.209. The van der Waals surface area contributed by atoms with Crippen molar-refractivity contribution in [2.24, 2.45) is 0 Å². The Bertz CT molecular complexity index is 371. The van der Waals surface area contributed by atoms with Crippen LogP contribution in [0.5, 0.6) is 0 Å². The summed E-state index contributed by atoms with van der Waals surface area (Å²) in [6.45, 7) is 4.24. The third kappa shape index (κ3) is 3.84. The Morgan fingerprint density at radius 1 is 1.22 bits per heavy atom. The molecule has 1 heterocycles. The standard InChI is InChI=1S/C15H22N2O/c1-16(11-12-17-9-5-6-10-17)15(18)13-14-7-3-2-4-8-14/h2-4,7-8H,5-6,9-13H2,1H3. The average molecular weight is 246 g/mol. The summed E-state index contributed by atoms with van der Waals surface area (Å²) in [4.78, 5) is 16.3. The Kier molecular flexibility index (Phi) is 4.76. The fourth-order valence-electron chi connectivity index (χ4n) is 2.33. The Hall–Kier alpha value is -1.35. The van der Waals surface area contributed by atoms with Gasteiger partial charge in [-0.05, 0) is 31.5 Å². The van der Waals surface area contributed by atoms with Gasteiger partial charge in [0, 0.05) is 20.1 Å². The highest BCUT2D eigenvalue weighted by Crippen LogP contribution is 2.07. The Labute approximate surface area is 109 Å². The van der Waals surface area contributed by atoms with Gasteiger partial charge in [0.2, 0.25) is 5.91 Å². The second-order valence-corrected chi connectivity index (χ2v) is 5.03. The van der Waals surface area contributed by atoms with Gasteiger partial charge in [0.25, 0.3) is 0 Å². The summed E-state index contributed by atoms with van der Waals surface area (Å²) in [7, 11) is 1.90. The normalized spacial score (nSPS) is 15.8. The zero-order valence-corrected chi connectivity index (χ0v) is 11.1. The van der Waals surface area contributed by atoms with E-state index in [0.29, 0.717) is 6.42 Å². The third-order valence-electron chi connectivity index (χ3n) is 3.57. The molecule has 0 spiro atoms. The largest absolute Gasteiger partial charge is 0.344 e. The van der Waals surface area contributed by atoms with Crippen LogP contribution in [0.2, 0.25) is 0 Å². The van der Waals surface area contributed by atoms with E-state index in [1.807, 2.05) is 42.3 Å². The number of amides is 1. The lowest BCUT2D eigenvalue weighted by Gasteiger charge is -2.21. The molecular weight excluding hydrogens is 224 g/mol. The summed E-state index contributed by atoms with van der Waals surface area (Å²) < 4.78 is 0. The van der Waals surface area contributed by atoms with Crippen LogP contribution in [0.1, 0.15) is 18.4 Å². The molecule has 98 valence electrons. The van der Waals surface area contributed by atoms with Gasteiger partial charge in [-0.2, -0.15) is 0 Å². The smallest absolute Gasteiger partial charge is 0.226 e. The lowest BCUT2D eigenvalue weighted by Crippen LogP contribution is -2.35. The molecule has 3 heteroatoms. The van der Waals surface area contributed by atoms with Gasteiger partial charge < -0.3 is 9.80 Å².